The van der Waals surface area contributed by atoms with E-state index in [2.05, 4.69) is 36.4 Å². The molecule has 3 heteroatoms. The molecule has 0 saturated carbocycles. The van der Waals surface area contributed by atoms with Gasteiger partial charge in [0, 0.05) is 22.6 Å². The number of hydrogen-bond donors (Lipinski definition) is 1. The van der Waals surface area contributed by atoms with Crippen molar-refractivity contribution in [2.45, 2.75) is 12.3 Å². The lowest BCUT2D eigenvalue weighted by Crippen LogP contribution is -2.04. The van der Waals surface area contributed by atoms with Gasteiger partial charge in [0.05, 0.1) is 0 Å². The van der Waals surface area contributed by atoms with Crippen molar-refractivity contribution in [3.8, 4) is 0 Å². The third-order valence-electron chi connectivity index (χ3n) is 4.93. The maximum Gasteiger partial charge on any atom is 0.0468 e. The Balaban J connectivity index is 1.99. The van der Waals surface area contributed by atoms with E-state index >= 15 is 0 Å². The molecule has 3 aromatic carbocycles. The smallest absolute Gasteiger partial charge is 0.0468 e. The summed E-state index contributed by atoms with van der Waals surface area (Å²) in [6.07, 6.45) is 0.600. The number of aliphatic hydroxyl groups is 1. The van der Waals surface area contributed by atoms with E-state index < -0.39 is 0 Å². The Hall–Kier alpha value is -2.06. The van der Waals surface area contributed by atoms with Crippen molar-refractivity contribution in [2.24, 2.45) is 0 Å². The number of halogens is 2. The lowest BCUT2D eigenvalue weighted by atomic mass is 9.86. The zero-order valence-electron chi connectivity index (χ0n) is 14.1. The second kappa shape index (κ2) is 7.28. The van der Waals surface area contributed by atoms with Crippen LogP contribution in [0.2, 0.25) is 10.0 Å². The predicted octanol–water partition coefficient (Wildman–Crippen LogP) is 6.32. The zero-order valence-corrected chi connectivity index (χ0v) is 15.6. The minimum Gasteiger partial charge on any atom is -0.396 e. The molecular weight excluding hydrogens is 363 g/mol. The predicted molar refractivity (Wildman–Crippen MR) is 109 cm³/mol. The molecule has 0 fully saturated rings. The second-order valence-electron chi connectivity index (χ2n) is 6.43. The molecule has 0 saturated heterocycles. The first-order valence-corrected chi connectivity index (χ1v) is 9.40. The zero-order chi connectivity index (χ0) is 18.1. The minimum absolute atomic E-state index is 0.0262. The molecule has 1 nitrogen and oxygen atoms in total. The average molecular weight is 381 g/mol. The monoisotopic (exact) mass is 380 g/mol. The summed E-state index contributed by atoms with van der Waals surface area (Å²) in [7, 11) is 0. The Labute approximate surface area is 163 Å². The number of aliphatic hydroxyl groups excluding tert-OH is 1. The van der Waals surface area contributed by atoms with Gasteiger partial charge < -0.3 is 5.11 Å². The van der Waals surface area contributed by atoms with Crippen LogP contribution in [0.15, 0.2) is 78.4 Å². The molecule has 1 atom stereocenters. The van der Waals surface area contributed by atoms with Crippen molar-refractivity contribution < 1.29 is 5.11 Å². The van der Waals surface area contributed by atoms with Crippen LogP contribution in [0.3, 0.4) is 0 Å². The molecular formula is C23H18Cl2O. The third-order valence-corrected chi connectivity index (χ3v) is 5.49. The largest absolute Gasteiger partial charge is 0.396 e. The van der Waals surface area contributed by atoms with Gasteiger partial charge in [0.2, 0.25) is 0 Å². The van der Waals surface area contributed by atoms with Gasteiger partial charge in [-0.25, -0.2) is 0 Å². The number of hydrogen-bond acceptors (Lipinski definition) is 1. The summed E-state index contributed by atoms with van der Waals surface area (Å²) in [5.74, 6) is 0.0262. The normalized spacial score (nSPS) is 16.0. The van der Waals surface area contributed by atoms with E-state index in [0.717, 1.165) is 11.1 Å². The van der Waals surface area contributed by atoms with Crippen molar-refractivity contribution in [1.29, 1.82) is 0 Å². The van der Waals surface area contributed by atoms with Crippen LogP contribution >= 0.6 is 23.2 Å². The molecule has 1 aliphatic carbocycles. The molecule has 0 aliphatic heterocycles. The summed E-state index contributed by atoms with van der Waals surface area (Å²) in [5, 5.41) is 11.0. The van der Waals surface area contributed by atoms with E-state index in [1.54, 1.807) is 6.07 Å². The van der Waals surface area contributed by atoms with Crippen LogP contribution in [-0.2, 0) is 0 Å². The highest BCUT2D eigenvalue weighted by atomic mass is 35.5. The van der Waals surface area contributed by atoms with E-state index in [0.29, 0.717) is 16.5 Å². The van der Waals surface area contributed by atoms with E-state index in [-0.39, 0.29) is 12.5 Å². The van der Waals surface area contributed by atoms with Gasteiger partial charge in [0.15, 0.2) is 0 Å². The van der Waals surface area contributed by atoms with Crippen LogP contribution in [0.4, 0.5) is 0 Å². The van der Waals surface area contributed by atoms with Crippen molar-refractivity contribution in [3.05, 3.63) is 111 Å². The molecule has 0 radical (unpaired) electrons. The standard InChI is InChI=1S/C23H18Cl2O/c24-16-10-11-19(21(25)14-16)23-18-9-5-4-8-17(18)22(20(23)12-13-26)15-6-2-1-3-7-15/h1-11,14,23,26H,12-13H2. The fraction of sp³-hybridized carbons (Fsp3) is 0.130. The lowest BCUT2D eigenvalue weighted by Gasteiger charge is -2.19. The molecule has 1 N–H and O–H groups in total. The first-order chi connectivity index (χ1) is 12.7. The first-order valence-electron chi connectivity index (χ1n) is 8.64. The minimum atomic E-state index is 0.0262. The van der Waals surface area contributed by atoms with Gasteiger partial charge in [-0.2, -0.15) is 0 Å². The topological polar surface area (TPSA) is 20.2 Å². The Morgan fingerprint density at radius 1 is 0.808 bits per heavy atom. The summed E-state index contributed by atoms with van der Waals surface area (Å²) < 4.78 is 0. The summed E-state index contributed by atoms with van der Waals surface area (Å²) >= 11 is 12.7. The summed E-state index contributed by atoms with van der Waals surface area (Å²) in [4.78, 5) is 0. The summed E-state index contributed by atoms with van der Waals surface area (Å²) in [6, 6.07) is 24.4. The van der Waals surface area contributed by atoms with Crippen LogP contribution in [-0.4, -0.2) is 11.7 Å². The Kier molecular flexibility index (Phi) is 4.86. The van der Waals surface area contributed by atoms with Crippen molar-refractivity contribution in [2.75, 3.05) is 6.61 Å². The maximum absolute atomic E-state index is 9.76. The quantitative estimate of drug-likeness (QED) is 0.560. The highest BCUT2D eigenvalue weighted by molar-refractivity contribution is 6.35. The van der Waals surface area contributed by atoms with Crippen molar-refractivity contribution in [3.63, 3.8) is 0 Å². The van der Waals surface area contributed by atoms with Crippen molar-refractivity contribution >= 4 is 28.8 Å². The maximum atomic E-state index is 9.76. The molecule has 26 heavy (non-hydrogen) atoms. The van der Waals surface area contributed by atoms with Gasteiger partial charge in [-0.1, -0.05) is 83.9 Å². The van der Waals surface area contributed by atoms with Crippen LogP contribution < -0.4 is 0 Å². The van der Waals surface area contributed by atoms with Crippen molar-refractivity contribution in [1.82, 2.24) is 0 Å². The van der Waals surface area contributed by atoms with Gasteiger partial charge in [0.25, 0.3) is 0 Å². The Morgan fingerprint density at radius 2 is 1.54 bits per heavy atom. The van der Waals surface area contributed by atoms with E-state index in [1.807, 2.05) is 30.3 Å². The number of rotatable bonds is 4. The van der Waals surface area contributed by atoms with E-state index in [1.165, 1.54) is 22.3 Å². The molecule has 0 heterocycles. The number of benzene rings is 3. The van der Waals surface area contributed by atoms with Crippen LogP contribution in [0.5, 0.6) is 0 Å². The molecule has 1 unspecified atom stereocenters. The van der Waals surface area contributed by atoms with Gasteiger partial charge in [-0.15, -0.1) is 0 Å². The Morgan fingerprint density at radius 3 is 2.27 bits per heavy atom. The highest BCUT2D eigenvalue weighted by Gasteiger charge is 2.33. The van der Waals surface area contributed by atoms with Gasteiger partial charge in [-0.3, -0.25) is 0 Å². The first kappa shape index (κ1) is 17.4. The summed E-state index contributed by atoms with van der Waals surface area (Å²) in [5.41, 5.74) is 7.02. The highest BCUT2D eigenvalue weighted by Crippen LogP contribution is 2.50. The molecule has 4 rings (SSSR count). The van der Waals surface area contributed by atoms with Gasteiger partial charge >= 0.3 is 0 Å². The SMILES string of the molecule is OCCC1=C(c2ccccc2)c2ccccc2C1c1ccc(Cl)cc1Cl. The van der Waals surface area contributed by atoms with Gasteiger partial charge in [0.1, 0.15) is 0 Å². The molecule has 0 amide bonds. The molecule has 1 aliphatic rings. The molecule has 0 bridgehead atoms. The van der Waals surface area contributed by atoms with Crippen LogP contribution in [0.25, 0.3) is 5.57 Å². The lowest BCUT2D eigenvalue weighted by molar-refractivity contribution is 0.298. The molecule has 3 aromatic rings. The average Bonchev–Trinajstić information content (AvgIpc) is 2.97. The van der Waals surface area contributed by atoms with Gasteiger partial charge in [-0.05, 0) is 52.0 Å². The molecule has 0 aromatic heterocycles. The molecule has 130 valence electrons. The second-order valence-corrected chi connectivity index (χ2v) is 7.27. The van der Waals surface area contributed by atoms with E-state index in [4.69, 9.17) is 23.2 Å². The fourth-order valence-electron chi connectivity index (χ4n) is 3.91. The van der Waals surface area contributed by atoms with Crippen LogP contribution in [0, 0.1) is 0 Å². The number of fused-ring (bicyclic) bond motifs is 1. The van der Waals surface area contributed by atoms with Crippen LogP contribution in [0.1, 0.15) is 34.6 Å². The Bertz CT molecular complexity index is 977. The summed E-state index contributed by atoms with van der Waals surface area (Å²) in [6.45, 7) is 0.0986. The third kappa shape index (κ3) is 2.97. The van der Waals surface area contributed by atoms with E-state index in [9.17, 15) is 5.11 Å². The molecule has 0 spiro atoms. The fourth-order valence-corrected chi connectivity index (χ4v) is 4.43.